The molecule has 0 spiro atoms. The lowest BCUT2D eigenvalue weighted by atomic mass is 10.1. The second kappa shape index (κ2) is 20.0. The standard InChI is InChI=1S/C33H44O2/c1-27(2)15-11-18-30(5)21-13-23-31(6)22-12-19-28(3)16-9-10-17-29(4)20-14-24-32(7)25-26-33(34)35-8/h9-10,12-17,19-26H,11,18H2,1-8H3/b10-9+,19-12+,20-14+,23-13+,26-25+,28-16+,29-17+,30-21+,31-22+,32-24+. The minimum Gasteiger partial charge on any atom is -0.466 e. The number of ether oxygens (including phenoxy) is 1. The molecule has 0 aliphatic heterocycles. The van der Waals surface area contributed by atoms with E-state index in [1.54, 1.807) is 6.08 Å². The van der Waals surface area contributed by atoms with Crippen LogP contribution in [0.5, 0.6) is 0 Å². The summed E-state index contributed by atoms with van der Waals surface area (Å²) in [5.74, 6) is -0.353. The van der Waals surface area contributed by atoms with Crippen LogP contribution in [0.2, 0.25) is 0 Å². The van der Waals surface area contributed by atoms with Gasteiger partial charge in [0.25, 0.3) is 0 Å². The highest BCUT2D eigenvalue weighted by atomic mass is 16.5. The van der Waals surface area contributed by atoms with Crippen LogP contribution in [0.4, 0.5) is 0 Å². The molecule has 0 aromatic heterocycles. The average Bonchev–Trinajstić information content (AvgIpc) is 2.80. The lowest BCUT2D eigenvalue weighted by Crippen LogP contribution is -1.93. The van der Waals surface area contributed by atoms with Gasteiger partial charge in [0.15, 0.2) is 0 Å². The van der Waals surface area contributed by atoms with E-state index >= 15 is 0 Å². The molecule has 0 aromatic carbocycles. The van der Waals surface area contributed by atoms with Crippen LogP contribution in [0.25, 0.3) is 0 Å². The van der Waals surface area contributed by atoms with Crippen LogP contribution < -0.4 is 0 Å². The molecule has 0 aliphatic rings. The summed E-state index contributed by atoms with van der Waals surface area (Å²) >= 11 is 0. The Kier molecular flexibility index (Phi) is 18.1. The first-order valence-corrected chi connectivity index (χ1v) is 12.1. The lowest BCUT2D eigenvalue weighted by Gasteiger charge is -1.96. The topological polar surface area (TPSA) is 26.3 Å². The van der Waals surface area contributed by atoms with Gasteiger partial charge >= 0.3 is 5.97 Å². The summed E-state index contributed by atoms with van der Waals surface area (Å²) in [6.07, 6.45) is 34.6. The summed E-state index contributed by atoms with van der Waals surface area (Å²) in [6.45, 7) is 14.6. The summed E-state index contributed by atoms with van der Waals surface area (Å²) < 4.78 is 4.58. The lowest BCUT2D eigenvalue weighted by molar-refractivity contribution is -0.134. The maximum atomic E-state index is 11.1. The summed E-state index contributed by atoms with van der Waals surface area (Å²) in [6, 6.07) is 0. The molecule has 0 rings (SSSR count). The van der Waals surface area contributed by atoms with Crippen LogP contribution in [-0.2, 0) is 9.53 Å². The quantitative estimate of drug-likeness (QED) is 0.115. The van der Waals surface area contributed by atoms with Gasteiger partial charge in [-0.3, -0.25) is 0 Å². The number of hydrogen-bond acceptors (Lipinski definition) is 2. The van der Waals surface area contributed by atoms with E-state index in [0.29, 0.717) is 0 Å². The van der Waals surface area contributed by atoms with Crippen molar-refractivity contribution in [3.63, 3.8) is 0 Å². The zero-order valence-electron chi connectivity index (χ0n) is 23.0. The number of hydrogen-bond donors (Lipinski definition) is 0. The van der Waals surface area contributed by atoms with Gasteiger partial charge in [-0.05, 0) is 61.3 Å². The molecule has 0 N–H and O–H groups in total. The molecule has 0 saturated heterocycles. The average molecular weight is 473 g/mol. The third-order valence-corrected chi connectivity index (χ3v) is 4.78. The Balaban J connectivity index is 4.68. The molecule has 0 fully saturated rings. The number of esters is 1. The second-order valence-corrected chi connectivity index (χ2v) is 8.79. The van der Waals surface area contributed by atoms with Crippen LogP contribution in [0.15, 0.2) is 131 Å². The van der Waals surface area contributed by atoms with Crippen molar-refractivity contribution < 1.29 is 9.53 Å². The van der Waals surface area contributed by atoms with Crippen molar-refractivity contribution >= 4 is 5.97 Å². The van der Waals surface area contributed by atoms with Crippen molar-refractivity contribution in [2.24, 2.45) is 0 Å². The van der Waals surface area contributed by atoms with Crippen LogP contribution in [0, 0.1) is 0 Å². The van der Waals surface area contributed by atoms with Gasteiger partial charge in [0.05, 0.1) is 7.11 Å². The Hall–Kier alpha value is -3.39. The van der Waals surface area contributed by atoms with E-state index in [2.05, 4.69) is 94.0 Å². The summed E-state index contributed by atoms with van der Waals surface area (Å²) in [7, 11) is 1.37. The molecule has 2 nitrogen and oxygen atoms in total. The molecule has 0 atom stereocenters. The highest BCUT2D eigenvalue weighted by molar-refractivity contribution is 5.82. The van der Waals surface area contributed by atoms with Crippen LogP contribution in [-0.4, -0.2) is 13.1 Å². The highest BCUT2D eigenvalue weighted by Gasteiger charge is 1.89. The maximum absolute atomic E-state index is 11.1. The first-order chi connectivity index (χ1) is 16.6. The van der Waals surface area contributed by atoms with Gasteiger partial charge in [-0.2, -0.15) is 0 Å². The minimum atomic E-state index is -0.353. The van der Waals surface area contributed by atoms with Gasteiger partial charge in [-0.25, -0.2) is 4.79 Å². The summed E-state index contributed by atoms with van der Waals surface area (Å²) in [5, 5.41) is 0. The molecule has 0 bridgehead atoms. The Morgan fingerprint density at radius 3 is 1.46 bits per heavy atom. The van der Waals surface area contributed by atoms with Crippen molar-refractivity contribution in [3.8, 4) is 0 Å². The third-order valence-electron chi connectivity index (χ3n) is 4.78. The van der Waals surface area contributed by atoms with E-state index < -0.39 is 0 Å². The van der Waals surface area contributed by atoms with Crippen molar-refractivity contribution in [2.75, 3.05) is 7.11 Å². The number of allylic oxidation sites excluding steroid dienone is 21. The number of carbonyl (C=O) groups excluding carboxylic acids is 1. The summed E-state index contributed by atoms with van der Waals surface area (Å²) in [4.78, 5) is 11.1. The van der Waals surface area contributed by atoms with Crippen molar-refractivity contribution in [1.29, 1.82) is 0 Å². The van der Waals surface area contributed by atoms with Gasteiger partial charge in [0.2, 0.25) is 0 Å². The minimum absolute atomic E-state index is 0.353. The number of methoxy groups -OCH3 is 1. The molecule has 0 saturated carbocycles. The largest absolute Gasteiger partial charge is 0.466 e. The van der Waals surface area contributed by atoms with E-state index in [4.69, 9.17) is 0 Å². The zero-order valence-corrected chi connectivity index (χ0v) is 23.0. The predicted molar refractivity (Wildman–Crippen MR) is 155 cm³/mol. The highest BCUT2D eigenvalue weighted by Crippen LogP contribution is 2.08. The fourth-order valence-corrected chi connectivity index (χ4v) is 2.64. The van der Waals surface area contributed by atoms with Crippen molar-refractivity contribution in [2.45, 2.75) is 61.3 Å². The molecule has 0 heterocycles. The molecule has 0 unspecified atom stereocenters. The molecule has 0 amide bonds. The Morgan fingerprint density at radius 1 is 0.571 bits per heavy atom. The van der Waals surface area contributed by atoms with Gasteiger partial charge < -0.3 is 4.74 Å². The first kappa shape index (κ1) is 31.6. The van der Waals surface area contributed by atoms with Crippen LogP contribution >= 0.6 is 0 Å². The fourth-order valence-electron chi connectivity index (χ4n) is 2.64. The Bertz CT molecular complexity index is 990. The molecule has 0 aliphatic carbocycles. The summed E-state index contributed by atoms with van der Waals surface area (Å²) in [5.41, 5.74) is 7.28. The van der Waals surface area contributed by atoms with Crippen LogP contribution in [0.3, 0.4) is 0 Å². The molecular formula is C33H44O2. The van der Waals surface area contributed by atoms with Gasteiger partial charge in [0, 0.05) is 6.08 Å². The van der Waals surface area contributed by atoms with E-state index in [0.717, 1.165) is 24.0 Å². The van der Waals surface area contributed by atoms with E-state index in [9.17, 15) is 4.79 Å². The van der Waals surface area contributed by atoms with E-state index in [1.165, 1.54) is 35.5 Å². The smallest absolute Gasteiger partial charge is 0.330 e. The van der Waals surface area contributed by atoms with E-state index in [1.807, 2.05) is 44.2 Å². The van der Waals surface area contributed by atoms with Crippen LogP contribution in [0.1, 0.15) is 61.3 Å². The SMILES string of the molecule is COC(=O)/C=C/C(C)=C/C=C/C(C)=C/C=C/C=C(C)/C=C/C=C(C)/C=C/C=C(\C)CCC=C(C)C. The second-order valence-electron chi connectivity index (χ2n) is 8.79. The number of rotatable bonds is 13. The molecule has 0 aromatic rings. The molecule has 0 radical (unpaired) electrons. The molecule has 35 heavy (non-hydrogen) atoms. The van der Waals surface area contributed by atoms with Crippen molar-refractivity contribution in [3.05, 3.63) is 131 Å². The monoisotopic (exact) mass is 472 g/mol. The zero-order chi connectivity index (χ0) is 26.5. The molecule has 2 heteroatoms. The molecular weight excluding hydrogens is 428 g/mol. The first-order valence-electron chi connectivity index (χ1n) is 12.1. The number of carbonyl (C=O) groups is 1. The predicted octanol–water partition coefficient (Wildman–Crippen LogP) is 9.42. The Labute approximate surface area is 214 Å². The van der Waals surface area contributed by atoms with E-state index in [-0.39, 0.29) is 5.97 Å². The molecule has 188 valence electrons. The normalized spacial score (nSPS) is 14.9. The van der Waals surface area contributed by atoms with Gasteiger partial charge in [0.1, 0.15) is 0 Å². The maximum Gasteiger partial charge on any atom is 0.330 e. The third kappa shape index (κ3) is 20.9. The van der Waals surface area contributed by atoms with Gasteiger partial charge in [-0.1, -0.05) is 125 Å². The van der Waals surface area contributed by atoms with Gasteiger partial charge in [-0.15, -0.1) is 0 Å². The fraction of sp³-hybridized carbons (Fsp3) is 0.303. The van der Waals surface area contributed by atoms with Crippen molar-refractivity contribution in [1.82, 2.24) is 0 Å². The Morgan fingerprint density at radius 2 is 1.00 bits per heavy atom.